The predicted octanol–water partition coefficient (Wildman–Crippen LogP) is 7.19. The third-order valence-electron chi connectivity index (χ3n) is 6.43. The van der Waals surface area contributed by atoms with Crippen LogP contribution in [-0.2, 0) is 16.4 Å². The molecule has 38 heavy (non-hydrogen) atoms. The van der Waals surface area contributed by atoms with Crippen molar-refractivity contribution in [3.05, 3.63) is 95.0 Å². The van der Waals surface area contributed by atoms with E-state index in [9.17, 15) is 8.42 Å². The van der Waals surface area contributed by atoms with E-state index in [0.29, 0.717) is 16.8 Å². The highest BCUT2D eigenvalue weighted by Gasteiger charge is 2.21. The molecule has 2 heterocycles. The minimum absolute atomic E-state index is 0.312. The number of halogens is 1. The fraction of sp³-hybridized carbons (Fsp3) is 0.241. The van der Waals surface area contributed by atoms with Crippen LogP contribution >= 0.6 is 27.7 Å². The van der Waals surface area contributed by atoms with Crippen LogP contribution < -0.4 is 4.74 Å². The van der Waals surface area contributed by atoms with E-state index in [1.165, 1.54) is 12.7 Å². The molecular formula is C29H28BrN3O3S2. The number of aryl methyl sites for hydroxylation is 1. The summed E-state index contributed by atoms with van der Waals surface area (Å²) in [6.07, 6.45) is 12.8. The second kappa shape index (κ2) is 11.5. The minimum Gasteiger partial charge on any atom is -0.487 e. The molecule has 0 spiro atoms. The van der Waals surface area contributed by atoms with Crippen molar-refractivity contribution in [2.24, 2.45) is 0 Å². The van der Waals surface area contributed by atoms with Crippen LogP contribution in [0.2, 0.25) is 0 Å². The van der Waals surface area contributed by atoms with Crippen LogP contribution in [0.5, 0.6) is 5.75 Å². The molecule has 0 N–H and O–H groups in total. The first kappa shape index (κ1) is 26.7. The normalized spacial score (nSPS) is 15.5. The lowest BCUT2D eigenvalue weighted by atomic mass is 10.0. The first-order chi connectivity index (χ1) is 18.3. The van der Waals surface area contributed by atoms with Crippen molar-refractivity contribution in [2.75, 3.05) is 6.26 Å². The van der Waals surface area contributed by atoms with Gasteiger partial charge in [0.2, 0.25) is 0 Å². The molecule has 0 bridgehead atoms. The summed E-state index contributed by atoms with van der Waals surface area (Å²) in [6.45, 7) is 2.35. The SMILES string of the molecule is Cc1cc(OCc2c(Br)nc(SC3C=CCCC3)n2-c2cccnc2)ccc1-c1ccc(S(C)(=O)=O)cc1. The standard InChI is InChI=1S/C29H28BrN3O3S2/c1-20-17-23(12-15-26(20)21-10-13-25(14-11-21)38(2,34)35)36-19-27-28(30)32-29(37-24-8-4-3-5-9-24)33(27)22-7-6-16-31-18-22/h4,6-8,10-18,24H,3,5,9,19H2,1-2H3. The van der Waals surface area contributed by atoms with Crippen molar-refractivity contribution in [1.29, 1.82) is 0 Å². The van der Waals surface area contributed by atoms with E-state index in [-0.39, 0.29) is 0 Å². The van der Waals surface area contributed by atoms with Crippen LogP contribution in [0.25, 0.3) is 16.8 Å². The summed E-state index contributed by atoms with van der Waals surface area (Å²) >= 11 is 5.43. The monoisotopic (exact) mass is 609 g/mol. The van der Waals surface area contributed by atoms with Crippen molar-refractivity contribution >= 4 is 37.5 Å². The topological polar surface area (TPSA) is 74.1 Å². The average molecular weight is 611 g/mol. The number of imidazole rings is 1. The summed E-state index contributed by atoms with van der Waals surface area (Å²) in [6, 6.07) is 16.9. The van der Waals surface area contributed by atoms with Crippen LogP contribution in [0.1, 0.15) is 30.5 Å². The Bertz CT molecular complexity index is 1570. The first-order valence-electron chi connectivity index (χ1n) is 12.3. The molecule has 1 atom stereocenters. The maximum absolute atomic E-state index is 11.8. The highest BCUT2D eigenvalue weighted by Crippen LogP contribution is 2.35. The molecule has 1 aliphatic rings. The Hall–Kier alpha value is -2.88. The van der Waals surface area contributed by atoms with Gasteiger partial charge in [-0.15, -0.1) is 0 Å². The van der Waals surface area contributed by atoms with Crippen molar-refractivity contribution < 1.29 is 13.2 Å². The molecule has 0 fully saturated rings. The maximum Gasteiger partial charge on any atom is 0.175 e. The lowest BCUT2D eigenvalue weighted by Gasteiger charge is -2.17. The number of sulfone groups is 1. The van der Waals surface area contributed by atoms with Gasteiger partial charge in [0.05, 0.1) is 22.5 Å². The van der Waals surface area contributed by atoms with Gasteiger partial charge in [-0.2, -0.15) is 0 Å². The molecule has 0 radical (unpaired) electrons. The third-order valence-corrected chi connectivity index (χ3v) is 9.37. The molecule has 2 aromatic carbocycles. The van der Waals surface area contributed by atoms with Crippen LogP contribution in [-0.4, -0.2) is 34.5 Å². The van der Waals surface area contributed by atoms with E-state index in [2.05, 4.69) is 37.6 Å². The Morgan fingerprint density at radius 3 is 2.63 bits per heavy atom. The number of hydrogen-bond donors (Lipinski definition) is 0. The molecule has 1 unspecified atom stereocenters. The lowest BCUT2D eigenvalue weighted by Crippen LogP contribution is -2.09. The molecular weight excluding hydrogens is 582 g/mol. The van der Waals surface area contributed by atoms with Gasteiger partial charge in [0.15, 0.2) is 15.0 Å². The summed E-state index contributed by atoms with van der Waals surface area (Å²) in [7, 11) is -3.23. The van der Waals surface area contributed by atoms with Gasteiger partial charge in [-0.1, -0.05) is 42.1 Å². The van der Waals surface area contributed by atoms with E-state index in [0.717, 1.165) is 56.4 Å². The number of thioether (sulfide) groups is 1. The third kappa shape index (κ3) is 6.06. The Kier molecular flexibility index (Phi) is 8.07. The van der Waals surface area contributed by atoms with Crippen molar-refractivity contribution in [3.63, 3.8) is 0 Å². The molecule has 0 amide bonds. The lowest BCUT2D eigenvalue weighted by molar-refractivity contribution is 0.297. The number of hydrogen-bond acceptors (Lipinski definition) is 6. The Labute approximate surface area is 236 Å². The van der Waals surface area contributed by atoms with Gasteiger partial charge < -0.3 is 4.74 Å². The average Bonchev–Trinajstić information content (AvgIpc) is 3.22. The van der Waals surface area contributed by atoms with Crippen LogP contribution in [0.15, 0.2) is 93.8 Å². The van der Waals surface area contributed by atoms with Gasteiger partial charge in [0.1, 0.15) is 17.0 Å². The highest BCUT2D eigenvalue weighted by molar-refractivity contribution is 9.10. The Balaban J connectivity index is 1.39. The second-order valence-electron chi connectivity index (χ2n) is 9.26. The van der Waals surface area contributed by atoms with Gasteiger partial charge in [-0.25, -0.2) is 13.4 Å². The Morgan fingerprint density at radius 2 is 1.97 bits per heavy atom. The van der Waals surface area contributed by atoms with Crippen LogP contribution in [0.3, 0.4) is 0 Å². The number of nitrogens with zero attached hydrogens (tertiary/aromatic N) is 3. The number of rotatable bonds is 8. The number of ether oxygens (including phenoxy) is 1. The van der Waals surface area contributed by atoms with Crippen molar-refractivity contribution in [3.8, 4) is 22.6 Å². The molecule has 0 saturated carbocycles. The summed E-state index contributed by atoms with van der Waals surface area (Å²) in [5, 5.41) is 1.30. The largest absolute Gasteiger partial charge is 0.487 e. The van der Waals surface area contributed by atoms with E-state index in [1.54, 1.807) is 30.1 Å². The summed E-state index contributed by atoms with van der Waals surface area (Å²) in [5.74, 6) is 0.745. The molecule has 2 aromatic heterocycles. The molecule has 9 heteroatoms. The minimum atomic E-state index is -3.23. The summed E-state index contributed by atoms with van der Waals surface area (Å²) in [5.41, 5.74) is 4.87. The highest BCUT2D eigenvalue weighted by atomic mass is 79.9. The molecule has 0 saturated heterocycles. The smallest absolute Gasteiger partial charge is 0.175 e. The molecule has 1 aliphatic carbocycles. The van der Waals surface area contributed by atoms with Gasteiger partial charge in [-0.3, -0.25) is 9.55 Å². The predicted molar refractivity (Wildman–Crippen MR) is 156 cm³/mol. The summed E-state index contributed by atoms with van der Waals surface area (Å²) in [4.78, 5) is 9.48. The number of pyridine rings is 1. The molecule has 5 rings (SSSR count). The van der Waals surface area contributed by atoms with Crippen molar-refractivity contribution in [2.45, 2.75) is 48.1 Å². The van der Waals surface area contributed by atoms with E-state index in [1.807, 2.05) is 55.6 Å². The molecule has 0 aliphatic heterocycles. The first-order valence-corrected chi connectivity index (χ1v) is 15.9. The number of allylic oxidation sites excluding steroid dienone is 1. The van der Waals surface area contributed by atoms with Crippen molar-refractivity contribution in [1.82, 2.24) is 14.5 Å². The zero-order valence-electron chi connectivity index (χ0n) is 21.2. The van der Waals surface area contributed by atoms with Gasteiger partial charge >= 0.3 is 0 Å². The Morgan fingerprint density at radius 1 is 1.16 bits per heavy atom. The molecule has 196 valence electrons. The van der Waals surface area contributed by atoms with Crippen LogP contribution in [0.4, 0.5) is 0 Å². The van der Waals surface area contributed by atoms with Gasteiger partial charge in [-0.05, 0) is 95.2 Å². The quantitative estimate of drug-likeness (QED) is 0.197. The fourth-order valence-corrected chi connectivity index (χ4v) is 6.88. The zero-order valence-corrected chi connectivity index (χ0v) is 24.4. The second-order valence-corrected chi connectivity index (χ2v) is 13.2. The number of benzene rings is 2. The van der Waals surface area contributed by atoms with E-state index >= 15 is 0 Å². The zero-order chi connectivity index (χ0) is 26.7. The van der Waals surface area contributed by atoms with Gasteiger partial charge in [0.25, 0.3) is 0 Å². The van der Waals surface area contributed by atoms with E-state index in [4.69, 9.17) is 9.72 Å². The molecule has 4 aromatic rings. The van der Waals surface area contributed by atoms with Gasteiger partial charge in [0, 0.05) is 17.7 Å². The van der Waals surface area contributed by atoms with E-state index < -0.39 is 9.84 Å². The maximum atomic E-state index is 11.8. The fourth-order valence-electron chi connectivity index (χ4n) is 4.46. The number of aromatic nitrogens is 3. The summed E-state index contributed by atoms with van der Waals surface area (Å²) < 4.78 is 32.7. The van der Waals surface area contributed by atoms with Crippen LogP contribution in [0, 0.1) is 6.92 Å². The molecule has 6 nitrogen and oxygen atoms in total.